The van der Waals surface area contributed by atoms with Gasteiger partial charge in [0.1, 0.15) is 18.3 Å². The maximum absolute atomic E-state index is 13.9. The summed E-state index contributed by atoms with van der Waals surface area (Å²) in [6.07, 6.45) is 1.26. The van der Waals surface area contributed by atoms with Crippen molar-refractivity contribution in [3.8, 4) is 5.75 Å². The van der Waals surface area contributed by atoms with Gasteiger partial charge in [0.2, 0.25) is 11.8 Å². The first-order chi connectivity index (χ1) is 19.1. The van der Waals surface area contributed by atoms with Crippen LogP contribution in [-0.2, 0) is 26.0 Å². The number of ether oxygens (including phenoxy) is 1. The second-order valence-electron chi connectivity index (χ2n) is 9.84. The second-order valence-corrected chi connectivity index (χ2v) is 11.7. The summed E-state index contributed by atoms with van der Waals surface area (Å²) in [7, 11) is -2.62. The number of benzene rings is 3. The fourth-order valence-corrected chi connectivity index (χ4v) is 5.56. The van der Waals surface area contributed by atoms with E-state index in [-0.39, 0.29) is 23.4 Å². The Kier molecular flexibility index (Phi) is 10.7. The summed E-state index contributed by atoms with van der Waals surface area (Å²) in [6.45, 7) is 7.24. The molecular weight excluding hydrogens is 526 g/mol. The molecule has 0 aliphatic rings. The van der Waals surface area contributed by atoms with Crippen LogP contribution in [0.1, 0.15) is 38.3 Å². The fourth-order valence-electron chi connectivity index (χ4n) is 4.15. The highest BCUT2D eigenvalue weighted by Gasteiger charge is 2.32. The highest BCUT2D eigenvalue weighted by atomic mass is 32.2. The molecule has 0 bridgehead atoms. The molecule has 2 unspecified atom stereocenters. The number of nitrogens with one attached hydrogen (secondary N) is 1. The minimum atomic E-state index is -4.13. The van der Waals surface area contributed by atoms with Gasteiger partial charge >= 0.3 is 0 Å². The van der Waals surface area contributed by atoms with E-state index in [1.807, 2.05) is 51.1 Å². The monoisotopic (exact) mass is 565 g/mol. The van der Waals surface area contributed by atoms with Gasteiger partial charge in [-0.05, 0) is 75.6 Å². The van der Waals surface area contributed by atoms with Crippen molar-refractivity contribution in [3.63, 3.8) is 0 Å². The zero-order chi connectivity index (χ0) is 29.3. The molecule has 3 aromatic carbocycles. The van der Waals surface area contributed by atoms with E-state index in [0.717, 1.165) is 21.9 Å². The molecule has 3 aromatic rings. The number of methoxy groups -OCH3 is 1. The third kappa shape index (κ3) is 7.85. The number of amides is 2. The molecule has 8 nitrogen and oxygen atoms in total. The van der Waals surface area contributed by atoms with Crippen LogP contribution in [0.5, 0.6) is 5.75 Å². The van der Waals surface area contributed by atoms with Crippen molar-refractivity contribution < 1.29 is 22.7 Å². The van der Waals surface area contributed by atoms with Crippen LogP contribution in [0.4, 0.5) is 5.69 Å². The Hall–Kier alpha value is -3.85. The summed E-state index contributed by atoms with van der Waals surface area (Å²) < 4.78 is 34.0. The summed E-state index contributed by atoms with van der Waals surface area (Å²) in [5, 5.41) is 2.94. The smallest absolute Gasteiger partial charge is 0.264 e. The Labute approximate surface area is 238 Å². The van der Waals surface area contributed by atoms with Gasteiger partial charge in [0.15, 0.2) is 0 Å². The number of aryl methyl sites for hydroxylation is 1. The number of carbonyl (C=O) groups is 2. The van der Waals surface area contributed by atoms with Crippen molar-refractivity contribution in [1.82, 2.24) is 10.2 Å². The Bertz CT molecular complexity index is 1360. The van der Waals surface area contributed by atoms with Gasteiger partial charge in [-0.15, -0.1) is 0 Å². The summed E-state index contributed by atoms with van der Waals surface area (Å²) in [6, 6.07) is 21.8. The maximum atomic E-state index is 13.9. The second kappa shape index (κ2) is 14.0. The summed E-state index contributed by atoms with van der Waals surface area (Å²) >= 11 is 0. The Morgan fingerprint density at radius 2 is 1.55 bits per heavy atom. The molecule has 2 atom stereocenters. The summed E-state index contributed by atoms with van der Waals surface area (Å²) in [5.74, 6) is -0.235. The molecule has 9 heteroatoms. The van der Waals surface area contributed by atoms with Gasteiger partial charge in [-0.2, -0.15) is 0 Å². The Morgan fingerprint density at radius 3 is 2.12 bits per heavy atom. The first-order valence-corrected chi connectivity index (χ1v) is 14.9. The minimum Gasteiger partial charge on any atom is -0.497 e. The number of hydrogen-bond acceptors (Lipinski definition) is 5. The van der Waals surface area contributed by atoms with Crippen molar-refractivity contribution >= 4 is 27.5 Å². The van der Waals surface area contributed by atoms with Crippen molar-refractivity contribution in [1.29, 1.82) is 0 Å². The lowest BCUT2D eigenvalue weighted by Crippen LogP contribution is -2.53. The quantitative estimate of drug-likeness (QED) is 0.328. The summed E-state index contributed by atoms with van der Waals surface area (Å²) in [5.41, 5.74) is 2.32. The van der Waals surface area contributed by atoms with Crippen molar-refractivity contribution in [2.45, 2.75) is 57.5 Å². The van der Waals surface area contributed by atoms with Gasteiger partial charge in [0.25, 0.3) is 10.0 Å². The van der Waals surface area contributed by atoms with Gasteiger partial charge in [0, 0.05) is 12.6 Å². The van der Waals surface area contributed by atoms with Crippen molar-refractivity contribution in [2.24, 2.45) is 0 Å². The lowest BCUT2D eigenvalue weighted by Gasteiger charge is -2.32. The SMILES string of the molecule is CCC(C)NC(=O)C(C)N(CCc1ccccc1)C(=O)CN(c1ccc(C)cc1)S(=O)(=O)c1ccc(OC)cc1. The molecule has 0 fully saturated rings. The molecule has 0 heterocycles. The third-order valence-electron chi connectivity index (χ3n) is 6.90. The van der Waals surface area contributed by atoms with Gasteiger partial charge in [-0.25, -0.2) is 8.42 Å². The maximum Gasteiger partial charge on any atom is 0.264 e. The molecule has 1 N–H and O–H groups in total. The third-order valence-corrected chi connectivity index (χ3v) is 8.69. The largest absolute Gasteiger partial charge is 0.497 e. The first-order valence-electron chi connectivity index (χ1n) is 13.4. The van der Waals surface area contributed by atoms with Crippen LogP contribution >= 0.6 is 0 Å². The van der Waals surface area contributed by atoms with E-state index >= 15 is 0 Å². The number of anilines is 1. The van der Waals surface area contributed by atoms with E-state index in [0.29, 0.717) is 17.9 Å². The molecule has 0 aromatic heterocycles. The standard InChI is InChI=1S/C31H39N3O5S/c1-6-24(3)32-31(36)25(4)33(21-20-26-10-8-7-9-11-26)30(35)22-34(27-14-12-23(2)13-15-27)40(37,38)29-18-16-28(39-5)17-19-29/h7-19,24-25H,6,20-22H2,1-5H3,(H,32,36). The lowest BCUT2D eigenvalue weighted by atomic mass is 10.1. The average Bonchev–Trinajstić information content (AvgIpc) is 2.96. The van der Waals surface area contributed by atoms with Gasteiger partial charge < -0.3 is 15.0 Å². The van der Waals surface area contributed by atoms with E-state index < -0.39 is 28.5 Å². The fraction of sp³-hybridized carbons (Fsp3) is 0.355. The zero-order valence-electron chi connectivity index (χ0n) is 23.8. The lowest BCUT2D eigenvalue weighted by molar-refractivity contribution is -0.139. The molecular formula is C31H39N3O5S. The number of nitrogens with zero attached hydrogens (tertiary/aromatic N) is 2. The van der Waals surface area contributed by atoms with Gasteiger partial charge in [0.05, 0.1) is 17.7 Å². The number of sulfonamides is 1. The van der Waals surface area contributed by atoms with Crippen LogP contribution in [0.2, 0.25) is 0 Å². The van der Waals surface area contributed by atoms with E-state index in [1.54, 1.807) is 43.3 Å². The minimum absolute atomic E-state index is 0.0278. The van der Waals surface area contributed by atoms with E-state index in [4.69, 9.17) is 4.74 Å². The normalized spacial score (nSPS) is 12.7. The van der Waals surface area contributed by atoms with Crippen LogP contribution in [0.15, 0.2) is 83.8 Å². The highest BCUT2D eigenvalue weighted by molar-refractivity contribution is 7.92. The van der Waals surface area contributed by atoms with Crippen LogP contribution in [0, 0.1) is 6.92 Å². The van der Waals surface area contributed by atoms with Crippen LogP contribution in [0.25, 0.3) is 0 Å². The molecule has 2 amide bonds. The van der Waals surface area contributed by atoms with Crippen molar-refractivity contribution in [2.75, 3.05) is 24.5 Å². The Morgan fingerprint density at radius 1 is 0.925 bits per heavy atom. The number of hydrogen-bond donors (Lipinski definition) is 1. The highest BCUT2D eigenvalue weighted by Crippen LogP contribution is 2.26. The molecule has 3 rings (SSSR count). The predicted molar refractivity (Wildman–Crippen MR) is 158 cm³/mol. The number of carbonyl (C=O) groups excluding carboxylic acids is 2. The molecule has 0 saturated heterocycles. The molecule has 0 spiro atoms. The summed E-state index contributed by atoms with van der Waals surface area (Å²) in [4.78, 5) is 28.5. The average molecular weight is 566 g/mol. The zero-order valence-corrected chi connectivity index (χ0v) is 24.6. The number of rotatable bonds is 13. The Balaban J connectivity index is 1.97. The topological polar surface area (TPSA) is 96.0 Å². The van der Waals surface area contributed by atoms with E-state index in [2.05, 4.69) is 5.32 Å². The first kappa shape index (κ1) is 30.7. The van der Waals surface area contributed by atoms with Crippen LogP contribution in [-0.4, -0.2) is 57.4 Å². The molecule has 0 aliphatic heterocycles. The predicted octanol–water partition coefficient (Wildman–Crippen LogP) is 4.57. The van der Waals surface area contributed by atoms with Crippen LogP contribution in [0.3, 0.4) is 0 Å². The van der Waals surface area contributed by atoms with Gasteiger partial charge in [-0.1, -0.05) is 55.0 Å². The molecule has 0 aliphatic carbocycles. The van der Waals surface area contributed by atoms with E-state index in [9.17, 15) is 18.0 Å². The molecule has 0 saturated carbocycles. The van der Waals surface area contributed by atoms with E-state index in [1.165, 1.54) is 24.1 Å². The van der Waals surface area contributed by atoms with Crippen LogP contribution < -0.4 is 14.4 Å². The molecule has 0 radical (unpaired) electrons. The molecule has 214 valence electrons. The molecule has 40 heavy (non-hydrogen) atoms. The van der Waals surface area contributed by atoms with Crippen molar-refractivity contribution in [3.05, 3.63) is 90.0 Å². The van der Waals surface area contributed by atoms with Gasteiger partial charge in [-0.3, -0.25) is 13.9 Å².